The highest BCUT2D eigenvalue weighted by atomic mass is 16.5. The topological polar surface area (TPSA) is 93.7 Å². The van der Waals surface area contributed by atoms with E-state index in [9.17, 15) is 14.4 Å². The van der Waals surface area contributed by atoms with Crippen molar-refractivity contribution in [3.8, 4) is 5.75 Å². The second-order valence-electron chi connectivity index (χ2n) is 6.21. The lowest BCUT2D eigenvalue weighted by molar-refractivity contribution is -0.123. The largest absolute Gasteiger partial charge is 0.489 e. The highest BCUT2D eigenvalue weighted by Crippen LogP contribution is 2.12. The minimum absolute atomic E-state index is 0.0558. The van der Waals surface area contributed by atoms with Crippen molar-refractivity contribution in [2.45, 2.75) is 32.9 Å². The second-order valence-corrected chi connectivity index (χ2v) is 6.21. The predicted octanol–water partition coefficient (Wildman–Crippen LogP) is 3.05. The van der Waals surface area contributed by atoms with Gasteiger partial charge in [0.1, 0.15) is 12.4 Å². The second kappa shape index (κ2) is 10.7. The summed E-state index contributed by atoms with van der Waals surface area (Å²) in [7, 11) is 0. The zero-order chi connectivity index (χ0) is 20.4. The van der Waals surface area contributed by atoms with Crippen LogP contribution in [0.4, 0.5) is 4.79 Å². The van der Waals surface area contributed by atoms with E-state index < -0.39 is 24.5 Å². The van der Waals surface area contributed by atoms with E-state index in [0.717, 1.165) is 17.7 Å². The molecule has 2 aromatic rings. The number of hydrogen-bond donors (Lipinski definition) is 2. The van der Waals surface area contributed by atoms with Gasteiger partial charge in [-0.25, -0.2) is 9.59 Å². The van der Waals surface area contributed by atoms with Gasteiger partial charge < -0.3 is 14.8 Å². The van der Waals surface area contributed by atoms with Crippen molar-refractivity contribution >= 4 is 17.9 Å². The van der Waals surface area contributed by atoms with Crippen molar-refractivity contribution in [1.82, 2.24) is 10.6 Å². The van der Waals surface area contributed by atoms with Gasteiger partial charge in [-0.1, -0.05) is 37.3 Å². The van der Waals surface area contributed by atoms with Crippen LogP contribution in [-0.2, 0) is 16.1 Å². The minimum Gasteiger partial charge on any atom is -0.489 e. The number of esters is 1. The molecule has 2 rings (SSSR count). The van der Waals surface area contributed by atoms with Crippen LogP contribution in [0.5, 0.6) is 5.75 Å². The van der Waals surface area contributed by atoms with Crippen LogP contribution in [0.1, 0.15) is 36.2 Å². The van der Waals surface area contributed by atoms with E-state index in [1.807, 2.05) is 44.2 Å². The summed E-state index contributed by atoms with van der Waals surface area (Å²) in [6.45, 7) is 3.56. The Morgan fingerprint density at radius 3 is 2.32 bits per heavy atom. The molecule has 0 unspecified atom stereocenters. The van der Waals surface area contributed by atoms with Gasteiger partial charge in [-0.2, -0.15) is 0 Å². The van der Waals surface area contributed by atoms with Gasteiger partial charge in [0.15, 0.2) is 6.61 Å². The Balaban J connectivity index is 1.76. The fourth-order valence-electron chi connectivity index (χ4n) is 2.16. The fraction of sp³-hybridized carbons (Fsp3) is 0.286. The maximum atomic E-state index is 12.0. The first kappa shape index (κ1) is 21.0. The first-order chi connectivity index (χ1) is 13.5. The third-order valence-corrected chi connectivity index (χ3v) is 3.92. The predicted molar refractivity (Wildman–Crippen MR) is 104 cm³/mol. The van der Waals surface area contributed by atoms with E-state index in [1.165, 1.54) is 0 Å². The van der Waals surface area contributed by atoms with Crippen LogP contribution in [-0.4, -0.2) is 30.6 Å². The summed E-state index contributed by atoms with van der Waals surface area (Å²) in [4.78, 5) is 35.2. The molecule has 0 aliphatic heterocycles. The highest BCUT2D eigenvalue weighted by molar-refractivity contribution is 5.97. The molecule has 0 bridgehead atoms. The monoisotopic (exact) mass is 384 g/mol. The average Bonchev–Trinajstić information content (AvgIpc) is 2.71. The summed E-state index contributed by atoms with van der Waals surface area (Å²) in [6, 6.07) is 15.4. The zero-order valence-corrected chi connectivity index (χ0v) is 15.9. The van der Waals surface area contributed by atoms with Gasteiger partial charge in [0.05, 0.1) is 5.56 Å². The quantitative estimate of drug-likeness (QED) is 0.682. The van der Waals surface area contributed by atoms with Crippen LogP contribution in [0.25, 0.3) is 0 Å². The molecular formula is C21H24N2O5. The molecule has 0 fully saturated rings. The van der Waals surface area contributed by atoms with Crippen molar-refractivity contribution in [3.63, 3.8) is 0 Å². The van der Waals surface area contributed by atoms with Gasteiger partial charge in [0, 0.05) is 6.04 Å². The van der Waals surface area contributed by atoms with E-state index in [1.54, 1.807) is 24.3 Å². The lowest BCUT2D eigenvalue weighted by Crippen LogP contribution is -2.44. The molecule has 0 aliphatic carbocycles. The van der Waals surface area contributed by atoms with Crippen LogP contribution >= 0.6 is 0 Å². The number of imide groups is 1. The smallest absolute Gasteiger partial charge is 0.338 e. The van der Waals surface area contributed by atoms with Crippen molar-refractivity contribution in [2.75, 3.05) is 6.61 Å². The molecule has 3 amide bonds. The van der Waals surface area contributed by atoms with Crippen molar-refractivity contribution in [3.05, 3.63) is 65.7 Å². The maximum absolute atomic E-state index is 12.0. The Bertz CT molecular complexity index is 790. The molecule has 2 N–H and O–H groups in total. The van der Waals surface area contributed by atoms with Crippen molar-refractivity contribution in [1.29, 1.82) is 0 Å². The summed E-state index contributed by atoms with van der Waals surface area (Å²) in [6.07, 6.45) is 0.739. The minimum atomic E-state index is -0.693. The van der Waals surface area contributed by atoms with Crippen LogP contribution in [0.15, 0.2) is 54.6 Å². The van der Waals surface area contributed by atoms with Gasteiger partial charge in [0.25, 0.3) is 5.91 Å². The third kappa shape index (κ3) is 7.11. The van der Waals surface area contributed by atoms with Gasteiger partial charge in [0.2, 0.25) is 0 Å². The number of benzene rings is 2. The van der Waals surface area contributed by atoms with Crippen LogP contribution in [0.2, 0.25) is 0 Å². The number of rotatable bonds is 8. The molecular weight excluding hydrogens is 360 g/mol. The van der Waals surface area contributed by atoms with Crippen LogP contribution in [0, 0.1) is 0 Å². The Hall–Kier alpha value is -3.35. The highest BCUT2D eigenvalue weighted by Gasteiger charge is 2.13. The molecule has 28 heavy (non-hydrogen) atoms. The third-order valence-electron chi connectivity index (χ3n) is 3.92. The van der Waals surface area contributed by atoms with E-state index in [4.69, 9.17) is 9.47 Å². The SMILES string of the molecule is CC[C@@H](C)NC(=O)NC(=O)COC(=O)c1ccc(COc2ccccc2)cc1. The first-order valence-corrected chi connectivity index (χ1v) is 9.02. The molecule has 0 aromatic heterocycles. The molecule has 0 spiro atoms. The fourth-order valence-corrected chi connectivity index (χ4v) is 2.16. The van der Waals surface area contributed by atoms with E-state index in [0.29, 0.717) is 12.2 Å². The van der Waals surface area contributed by atoms with Gasteiger partial charge >= 0.3 is 12.0 Å². The summed E-state index contributed by atoms with van der Waals surface area (Å²) >= 11 is 0. The molecule has 2 aromatic carbocycles. The number of amides is 3. The Morgan fingerprint density at radius 1 is 1.00 bits per heavy atom. The van der Waals surface area contributed by atoms with Gasteiger partial charge in [-0.05, 0) is 43.2 Å². The summed E-state index contributed by atoms with van der Waals surface area (Å²) < 4.78 is 10.6. The van der Waals surface area contributed by atoms with Crippen molar-refractivity contribution in [2.24, 2.45) is 0 Å². The van der Waals surface area contributed by atoms with Crippen LogP contribution < -0.4 is 15.4 Å². The standard InChI is InChI=1S/C21H24N2O5/c1-3-15(2)22-21(26)23-19(24)14-28-20(25)17-11-9-16(10-12-17)13-27-18-7-5-4-6-8-18/h4-12,15H,3,13-14H2,1-2H3,(H2,22,23,24,26)/t15-/m1/s1. The average molecular weight is 384 g/mol. The Kier molecular flexibility index (Phi) is 8.02. The lowest BCUT2D eigenvalue weighted by atomic mass is 10.1. The number of nitrogens with one attached hydrogen (secondary N) is 2. The molecule has 148 valence electrons. The molecule has 1 atom stereocenters. The molecule has 0 aliphatic rings. The van der Waals surface area contributed by atoms with E-state index >= 15 is 0 Å². The van der Waals surface area contributed by atoms with E-state index in [2.05, 4.69) is 10.6 Å². The summed E-state index contributed by atoms with van der Waals surface area (Å²) in [5, 5.41) is 4.70. The molecule has 7 heteroatoms. The lowest BCUT2D eigenvalue weighted by Gasteiger charge is -2.12. The summed E-state index contributed by atoms with van der Waals surface area (Å²) in [5.41, 5.74) is 1.19. The molecule has 0 saturated heterocycles. The summed E-state index contributed by atoms with van der Waals surface area (Å²) in [5.74, 6) is -0.579. The molecule has 0 heterocycles. The van der Waals surface area contributed by atoms with Crippen molar-refractivity contribution < 1.29 is 23.9 Å². The molecule has 0 saturated carbocycles. The van der Waals surface area contributed by atoms with Crippen LogP contribution in [0.3, 0.4) is 0 Å². The molecule has 7 nitrogen and oxygen atoms in total. The Morgan fingerprint density at radius 2 is 1.68 bits per heavy atom. The maximum Gasteiger partial charge on any atom is 0.338 e. The zero-order valence-electron chi connectivity index (χ0n) is 15.9. The van der Waals surface area contributed by atoms with Gasteiger partial charge in [-0.3, -0.25) is 10.1 Å². The first-order valence-electron chi connectivity index (χ1n) is 9.02. The normalized spacial score (nSPS) is 11.2. The number of carbonyl (C=O) groups is 3. The van der Waals surface area contributed by atoms with Gasteiger partial charge in [-0.15, -0.1) is 0 Å². The number of urea groups is 1. The number of ether oxygens (including phenoxy) is 2. The Labute approximate surface area is 164 Å². The number of hydrogen-bond acceptors (Lipinski definition) is 5. The number of para-hydroxylation sites is 1. The number of carbonyl (C=O) groups excluding carboxylic acids is 3. The van der Waals surface area contributed by atoms with E-state index in [-0.39, 0.29) is 6.04 Å². The molecule has 0 radical (unpaired) electrons.